The highest BCUT2D eigenvalue weighted by Gasteiger charge is 2.26. The van der Waals surface area contributed by atoms with Gasteiger partial charge in [-0.2, -0.15) is 11.8 Å². The van der Waals surface area contributed by atoms with Crippen molar-refractivity contribution in [2.75, 3.05) is 45.6 Å². The van der Waals surface area contributed by atoms with E-state index in [4.69, 9.17) is 4.74 Å². The van der Waals surface area contributed by atoms with Crippen molar-refractivity contribution in [1.29, 1.82) is 0 Å². The zero-order valence-electron chi connectivity index (χ0n) is 11.1. The summed E-state index contributed by atoms with van der Waals surface area (Å²) in [6.45, 7) is 12.3. The van der Waals surface area contributed by atoms with Gasteiger partial charge in [-0.3, -0.25) is 4.90 Å². The minimum absolute atomic E-state index is 0.427. The normalized spacial score (nSPS) is 23.2. The molecule has 0 aromatic carbocycles. The van der Waals surface area contributed by atoms with Gasteiger partial charge in [-0.05, 0) is 20.8 Å². The molecule has 0 amide bonds. The Labute approximate surface area is 104 Å². The molecule has 16 heavy (non-hydrogen) atoms. The number of ether oxygens (including phenoxy) is 1. The fourth-order valence-corrected chi connectivity index (χ4v) is 3.26. The summed E-state index contributed by atoms with van der Waals surface area (Å²) >= 11 is 2.09. The van der Waals surface area contributed by atoms with Crippen LogP contribution in [0.4, 0.5) is 0 Å². The zero-order chi connectivity index (χ0) is 12.0. The molecule has 0 saturated carbocycles. The minimum Gasteiger partial charge on any atom is -0.383 e. The van der Waals surface area contributed by atoms with Crippen molar-refractivity contribution in [3.8, 4) is 0 Å². The number of hydrogen-bond donors (Lipinski definition) is 1. The first kappa shape index (κ1) is 14.3. The van der Waals surface area contributed by atoms with E-state index in [9.17, 15) is 0 Å². The predicted octanol–water partition coefficient (Wildman–Crippen LogP) is 1.44. The molecule has 1 fully saturated rings. The first-order valence-corrected chi connectivity index (χ1v) is 7.11. The quantitative estimate of drug-likeness (QED) is 0.766. The second-order valence-electron chi connectivity index (χ2n) is 5.19. The van der Waals surface area contributed by atoms with E-state index in [-0.39, 0.29) is 0 Å². The predicted molar refractivity (Wildman–Crippen MR) is 72.3 cm³/mol. The molecule has 1 rings (SSSR count). The Kier molecular flexibility index (Phi) is 6.11. The van der Waals surface area contributed by atoms with Gasteiger partial charge in [0.05, 0.1) is 6.61 Å². The molecule has 1 heterocycles. The molecule has 0 radical (unpaired) electrons. The van der Waals surface area contributed by atoms with Gasteiger partial charge >= 0.3 is 0 Å². The molecule has 1 saturated heterocycles. The van der Waals surface area contributed by atoms with Crippen LogP contribution in [0.1, 0.15) is 20.8 Å². The summed E-state index contributed by atoms with van der Waals surface area (Å²) in [7, 11) is 1.75. The fraction of sp³-hybridized carbons (Fsp3) is 1.00. The van der Waals surface area contributed by atoms with Crippen LogP contribution in [-0.4, -0.2) is 61.3 Å². The molecule has 96 valence electrons. The van der Waals surface area contributed by atoms with Crippen LogP contribution >= 0.6 is 11.8 Å². The zero-order valence-corrected chi connectivity index (χ0v) is 11.9. The first-order chi connectivity index (χ1) is 7.53. The third kappa shape index (κ3) is 5.53. The van der Waals surface area contributed by atoms with E-state index >= 15 is 0 Å². The lowest BCUT2D eigenvalue weighted by molar-refractivity contribution is 0.168. The summed E-state index contributed by atoms with van der Waals surface area (Å²) in [6.07, 6.45) is 0. The molecule has 1 aliphatic rings. The van der Waals surface area contributed by atoms with Gasteiger partial charge in [-0.1, -0.05) is 0 Å². The van der Waals surface area contributed by atoms with Crippen LogP contribution in [0.2, 0.25) is 0 Å². The minimum atomic E-state index is 0.427. The lowest BCUT2D eigenvalue weighted by Crippen LogP contribution is -2.46. The van der Waals surface area contributed by atoms with Gasteiger partial charge in [0, 0.05) is 49.8 Å². The van der Waals surface area contributed by atoms with E-state index in [1.807, 2.05) is 0 Å². The molecular formula is C12H26N2OS. The van der Waals surface area contributed by atoms with Crippen molar-refractivity contribution in [1.82, 2.24) is 10.2 Å². The molecular weight excluding hydrogens is 220 g/mol. The maximum absolute atomic E-state index is 5.10. The third-order valence-corrected chi connectivity index (χ3v) is 4.14. The topological polar surface area (TPSA) is 24.5 Å². The molecule has 0 spiro atoms. The highest BCUT2D eigenvalue weighted by molar-refractivity contribution is 8.00. The highest BCUT2D eigenvalue weighted by Crippen LogP contribution is 2.28. The molecule has 1 N–H and O–H groups in total. The highest BCUT2D eigenvalue weighted by atomic mass is 32.2. The van der Waals surface area contributed by atoms with Gasteiger partial charge in [0.2, 0.25) is 0 Å². The maximum Gasteiger partial charge on any atom is 0.0613 e. The number of nitrogens with zero attached hydrogens (tertiary/aromatic N) is 1. The summed E-state index contributed by atoms with van der Waals surface area (Å²) in [5, 5.41) is 3.48. The van der Waals surface area contributed by atoms with Gasteiger partial charge in [0.15, 0.2) is 0 Å². The Morgan fingerprint density at radius 3 is 2.88 bits per heavy atom. The maximum atomic E-state index is 5.10. The van der Waals surface area contributed by atoms with Crippen molar-refractivity contribution in [2.24, 2.45) is 0 Å². The second-order valence-corrected chi connectivity index (χ2v) is 7.00. The summed E-state index contributed by atoms with van der Waals surface area (Å²) in [5.74, 6) is 1.26. The van der Waals surface area contributed by atoms with E-state index < -0.39 is 0 Å². The van der Waals surface area contributed by atoms with Crippen molar-refractivity contribution in [3.05, 3.63) is 0 Å². The van der Waals surface area contributed by atoms with Crippen LogP contribution in [0.5, 0.6) is 0 Å². The fourth-order valence-electron chi connectivity index (χ4n) is 2.08. The van der Waals surface area contributed by atoms with Gasteiger partial charge in [0.25, 0.3) is 0 Å². The Balaban J connectivity index is 2.13. The van der Waals surface area contributed by atoms with Crippen molar-refractivity contribution >= 4 is 11.8 Å². The van der Waals surface area contributed by atoms with Crippen LogP contribution in [0.3, 0.4) is 0 Å². The van der Waals surface area contributed by atoms with E-state index in [1.165, 1.54) is 18.8 Å². The van der Waals surface area contributed by atoms with Crippen molar-refractivity contribution in [3.63, 3.8) is 0 Å². The number of nitrogens with one attached hydrogen (secondary N) is 1. The number of thioether (sulfide) groups is 1. The van der Waals surface area contributed by atoms with Crippen molar-refractivity contribution in [2.45, 2.75) is 31.6 Å². The van der Waals surface area contributed by atoms with Gasteiger partial charge in [0.1, 0.15) is 0 Å². The largest absolute Gasteiger partial charge is 0.383 e. The second kappa shape index (κ2) is 6.84. The van der Waals surface area contributed by atoms with E-state index in [1.54, 1.807) is 7.11 Å². The van der Waals surface area contributed by atoms with Crippen molar-refractivity contribution < 1.29 is 4.74 Å². The number of hydrogen-bond acceptors (Lipinski definition) is 4. The van der Waals surface area contributed by atoms with Gasteiger partial charge in [-0.15, -0.1) is 0 Å². The molecule has 1 atom stereocenters. The Morgan fingerprint density at radius 2 is 2.25 bits per heavy atom. The molecule has 1 unspecified atom stereocenters. The lowest BCUT2D eigenvalue weighted by Gasteiger charge is -2.37. The van der Waals surface area contributed by atoms with E-state index in [0.29, 0.717) is 10.8 Å². The number of rotatable bonds is 6. The monoisotopic (exact) mass is 246 g/mol. The first-order valence-electron chi connectivity index (χ1n) is 6.12. The van der Waals surface area contributed by atoms with Crippen LogP contribution in [0.25, 0.3) is 0 Å². The summed E-state index contributed by atoms with van der Waals surface area (Å²) in [5.41, 5.74) is 0. The van der Waals surface area contributed by atoms with Crippen LogP contribution in [-0.2, 0) is 4.74 Å². The standard InChI is InChI=1S/C12H26N2OS/c1-11(9-15-4)13-5-6-14-7-8-16-12(2,3)10-14/h11,13H,5-10H2,1-4H3. The Morgan fingerprint density at radius 1 is 1.50 bits per heavy atom. The molecule has 3 nitrogen and oxygen atoms in total. The molecule has 0 aromatic heterocycles. The lowest BCUT2D eigenvalue weighted by atomic mass is 10.2. The SMILES string of the molecule is COCC(C)NCCN1CCSC(C)(C)C1. The average molecular weight is 246 g/mol. The third-order valence-electron chi connectivity index (χ3n) is 2.84. The Bertz CT molecular complexity index is 199. The molecule has 1 aliphatic heterocycles. The molecule has 0 aliphatic carbocycles. The van der Waals surface area contributed by atoms with Crippen LogP contribution in [0.15, 0.2) is 0 Å². The summed E-state index contributed by atoms with van der Waals surface area (Å²) < 4.78 is 5.53. The van der Waals surface area contributed by atoms with E-state index in [0.717, 1.165) is 19.7 Å². The summed E-state index contributed by atoms with van der Waals surface area (Å²) in [6, 6.07) is 0.456. The molecule has 0 bridgehead atoms. The average Bonchev–Trinajstić information content (AvgIpc) is 2.16. The van der Waals surface area contributed by atoms with E-state index in [2.05, 4.69) is 42.7 Å². The van der Waals surface area contributed by atoms with Crippen LogP contribution in [0, 0.1) is 0 Å². The Hall–Kier alpha value is 0.230. The van der Waals surface area contributed by atoms with Gasteiger partial charge < -0.3 is 10.1 Å². The van der Waals surface area contributed by atoms with Gasteiger partial charge in [-0.25, -0.2) is 0 Å². The molecule has 4 heteroatoms. The molecule has 0 aromatic rings. The van der Waals surface area contributed by atoms with Crippen LogP contribution < -0.4 is 5.32 Å². The smallest absolute Gasteiger partial charge is 0.0613 e. The summed E-state index contributed by atoms with van der Waals surface area (Å²) in [4.78, 5) is 2.56. The number of methoxy groups -OCH3 is 1.